The number of esters is 1. The lowest BCUT2D eigenvalue weighted by Crippen LogP contribution is -2.61. The lowest BCUT2D eigenvalue weighted by Gasteiger charge is -2.40. The van der Waals surface area contributed by atoms with E-state index in [0.717, 1.165) is 22.0 Å². The lowest BCUT2D eigenvalue weighted by molar-refractivity contribution is -0.160. The number of halogens is 2. The first-order chi connectivity index (χ1) is 16.9. The second kappa shape index (κ2) is 11.1. The average molecular weight is 516 g/mol. The summed E-state index contributed by atoms with van der Waals surface area (Å²) in [6.07, 6.45) is 2.77. The first-order valence-electron chi connectivity index (χ1n) is 11.6. The number of carbonyl (C=O) groups excluding carboxylic acids is 3. The highest BCUT2D eigenvalue weighted by Gasteiger charge is 2.40. The molecular formula is C26H27Cl2N3O4. The predicted octanol–water partition coefficient (Wildman–Crippen LogP) is 4.25. The van der Waals surface area contributed by atoms with Crippen LogP contribution in [-0.4, -0.2) is 64.9 Å². The Morgan fingerprint density at radius 3 is 2.63 bits per heavy atom. The maximum Gasteiger partial charge on any atom is 0.308 e. The number of piperazine rings is 1. The van der Waals surface area contributed by atoms with Gasteiger partial charge in [-0.3, -0.25) is 14.4 Å². The largest absolute Gasteiger partial charge is 0.466 e. The summed E-state index contributed by atoms with van der Waals surface area (Å²) in [5.74, 6) is -0.957. The highest BCUT2D eigenvalue weighted by Crippen LogP contribution is 2.24. The van der Waals surface area contributed by atoms with Crippen LogP contribution in [-0.2, 0) is 32.0 Å². The number of benzene rings is 2. The zero-order valence-corrected chi connectivity index (χ0v) is 20.9. The van der Waals surface area contributed by atoms with Gasteiger partial charge in [-0.15, -0.1) is 0 Å². The third-order valence-electron chi connectivity index (χ3n) is 6.25. The number of aromatic amines is 1. The van der Waals surface area contributed by atoms with Gasteiger partial charge in [0.1, 0.15) is 6.04 Å². The average Bonchev–Trinajstić information content (AvgIpc) is 3.24. The van der Waals surface area contributed by atoms with Crippen LogP contribution in [0.15, 0.2) is 48.7 Å². The molecule has 1 atom stereocenters. The molecular weight excluding hydrogens is 489 g/mol. The van der Waals surface area contributed by atoms with Crippen molar-refractivity contribution in [2.24, 2.45) is 0 Å². The van der Waals surface area contributed by atoms with Crippen molar-refractivity contribution in [3.8, 4) is 0 Å². The van der Waals surface area contributed by atoms with Crippen LogP contribution in [0.25, 0.3) is 10.9 Å². The summed E-state index contributed by atoms with van der Waals surface area (Å²) in [7, 11) is 0. The fraction of sp³-hybridized carbons (Fsp3) is 0.346. The van der Waals surface area contributed by atoms with Gasteiger partial charge in [0.25, 0.3) is 0 Å². The van der Waals surface area contributed by atoms with Crippen LogP contribution in [0.3, 0.4) is 0 Å². The Balaban J connectivity index is 1.49. The molecule has 35 heavy (non-hydrogen) atoms. The monoisotopic (exact) mass is 515 g/mol. The van der Waals surface area contributed by atoms with Crippen molar-refractivity contribution >= 4 is 51.9 Å². The van der Waals surface area contributed by atoms with Crippen molar-refractivity contribution in [1.29, 1.82) is 0 Å². The number of nitrogens with one attached hydrogen (secondary N) is 1. The van der Waals surface area contributed by atoms with E-state index >= 15 is 0 Å². The molecule has 184 valence electrons. The fourth-order valence-corrected chi connectivity index (χ4v) is 4.96. The number of hydrogen-bond acceptors (Lipinski definition) is 4. The van der Waals surface area contributed by atoms with Gasteiger partial charge in [0.15, 0.2) is 0 Å². The summed E-state index contributed by atoms with van der Waals surface area (Å²) in [6, 6.07) is 12.2. The SMILES string of the molecule is CCOC(=O)CC1C(=O)N(CCc2ccc(Cl)cc2Cl)CC(=O)N1CCc1c[nH]c2ccccc12. The molecule has 0 aliphatic carbocycles. The van der Waals surface area contributed by atoms with Crippen LogP contribution in [0.4, 0.5) is 0 Å². The molecule has 4 rings (SSSR count). The van der Waals surface area contributed by atoms with Crippen molar-refractivity contribution in [1.82, 2.24) is 14.8 Å². The molecule has 0 saturated carbocycles. The summed E-state index contributed by atoms with van der Waals surface area (Å²) >= 11 is 12.2. The van der Waals surface area contributed by atoms with E-state index in [2.05, 4.69) is 4.98 Å². The molecule has 9 heteroatoms. The second-order valence-electron chi connectivity index (χ2n) is 8.47. The summed E-state index contributed by atoms with van der Waals surface area (Å²) < 4.78 is 5.09. The predicted molar refractivity (Wildman–Crippen MR) is 135 cm³/mol. The number of H-pyrrole nitrogens is 1. The molecule has 0 spiro atoms. The number of fused-ring (bicyclic) bond motifs is 1. The zero-order valence-electron chi connectivity index (χ0n) is 19.4. The van der Waals surface area contributed by atoms with Gasteiger partial charge in [-0.1, -0.05) is 47.5 Å². The Labute approximate surface area is 213 Å². The molecule has 1 aliphatic rings. The van der Waals surface area contributed by atoms with E-state index in [9.17, 15) is 14.4 Å². The van der Waals surface area contributed by atoms with Gasteiger partial charge in [0.2, 0.25) is 11.8 Å². The van der Waals surface area contributed by atoms with E-state index in [0.29, 0.717) is 36.0 Å². The maximum atomic E-state index is 13.4. The van der Waals surface area contributed by atoms with Crippen molar-refractivity contribution in [2.75, 3.05) is 26.2 Å². The van der Waals surface area contributed by atoms with Gasteiger partial charge in [-0.05, 0) is 49.1 Å². The number of hydrogen-bond donors (Lipinski definition) is 1. The van der Waals surface area contributed by atoms with E-state index in [-0.39, 0.29) is 31.4 Å². The minimum absolute atomic E-state index is 0.0444. The maximum absolute atomic E-state index is 13.4. The van der Waals surface area contributed by atoms with E-state index in [4.69, 9.17) is 27.9 Å². The van der Waals surface area contributed by atoms with Crippen LogP contribution >= 0.6 is 23.2 Å². The third kappa shape index (κ3) is 5.80. The van der Waals surface area contributed by atoms with Crippen molar-refractivity contribution in [2.45, 2.75) is 32.2 Å². The van der Waals surface area contributed by atoms with E-state index < -0.39 is 12.0 Å². The van der Waals surface area contributed by atoms with Crippen molar-refractivity contribution < 1.29 is 19.1 Å². The number of para-hydroxylation sites is 1. The van der Waals surface area contributed by atoms with Crippen LogP contribution in [0, 0.1) is 0 Å². The third-order valence-corrected chi connectivity index (χ3v) is 6.83. The van der Waals surface area contributed by atoms with E-state index in [1.165, 1.54) is 9.80 Å². The van der Waals surface area contributed by atoms with Crippen molar-refractivity contribution in [3.05, 3.63) is 69.8 Å². The molecule has 2 aromatic carbocycles. The molecule has 1 saturated heterocycles. The van der Waals surface area contributed by atoms with Gasteiger partial charge >= 0.3 is 5.97 Å². The molecule has 2 amide bonds. The number of nitrogens with zero attached hydrogens (tertiary/aromatic N) is 2. The van der Waals surface area contributed by atoms with Gasteiger partial charge in [-0.2, -0.15) is 0 Å². The van der Waals surface area contributed by atoms with Gasteiger partial charge in [0.05, 0.1) is 19.6 Å². The fourth-order valence-electron chi connectivity index (χ4n) is 4.45. The summed E-state index contributed by atoms with van der Waals surface area (Å²) in [5, 5.41) is 2.12. The Morgan fingerprint density at radius 1 is 1.09 bits per heavy atom. The first-order valence-corrected chi connectivity index (χ1v) is 12.4. The molecule has 1 unspecified atom stereocenters. The quantitative estimate of drug-likeness (QED) is 0.431. The minimum atomic E-state index is -0.902. The molecule has 0 bridgehead atoms. The summed E-state index contributed by atoms with van der Waals surface area (Å²) in [4.78, 5) is 45.2. The molecule has 3 aromatic rings. The molecule has 1 aliphatic heterocycles. The first kappa shape index (κ1) is 25.1. The Hall–Kier alpha value is -3.03. The normalized spacial score (nSPS) is 16.3. The van der Waals surface area contributed by atoms with Crippen LogP contribution < -0.4 is 0 Å². The molecule has 0 radical (unpaired) electrons. The van der Waals surface area contributed by atoms with E-state index in [1.54, 1.807) is 19.1 Å². The zero-order chi connectivity index (χ0) is 24.9. The smallest absolute Gasteiger partial charge is 0.308 e. The number of rotatable bonds is 9. The summed E-state index contributed by atoms with van der Waals surface area (Å²) in [5.41, 5.74) is 2.90. The number of carbonyl (C=O) groups is 3. The van der Waals surface area contributed by atoms with Gasteiger partial charge < -0.3 is 19.5 Å². The number of aromatic nitrogens is 1. The molecule has 1 fully saturated rings. The minimum Gasteiger partial charge on any atom is -0.466 e. The van der Waals surface area contributed by atoms with Crippen molar-refractivity contribution in [3.63, 3.8) is 0 Å². The summed E-state index contributed by atoms with van der Waals surface area (Å²) in [6.45, 7) is 2.51. The highest BCUT2D eigenvalue weighted by atomic mass is 35.5. The highest BCUT2D eigenvalue weighted by molar-refractivity contribution is 6.35. The van der Waals surface area contributed by atoms with Crippen LogP contribution in [0.2, 0.25) is 10.0 Å². The van der Waals surface area contributed by atoms with E-state index in [1.807, 2.05) is 36.5 Å². The molecule has 2 heterocycles. The van der Waals surface area contributed by atoms with Gasteiger partial charge in [-0.25, -0.2) is 0 Å². The lowest BCUT2D eigenvalue weighted by atomic mass is 10.0. The van der Waals surface area contributed by atoms with Crippen LogP contribution in [0.5, 0.6) is 0 Å². The van der Waals surface area contributed by atoms with Crippen LogP contribution in [0.1, 0.15) is 24.5 Å². The molecule has 1 aromatic heterocycles. The molecule has 7 nitrogen and oxygen atoms in total. The van der Waals surface area contributed by atoms with Gasteiger partial charge in [0, 0.05) is 40.2 Å². The second-order valence-corrected chi connectivity index (χ2v) is 9.31. The number of amides is 2. The standard InChI is InChI=1S/C26H27Cl2N3O4/c1-2-35-25(33)14-23-26(34)30(11-9-17-7-8-19(27)13-21(17)28)16-24(32)31(23)12-10-18-15-29-22-6-4-3-5-20(18)22/h3-8,13,15,23,29H,2,9-12,14,16H2,1H3. The number of ether oxygens (including phenoxy) is 1. The Morgan fingerprint density at radius 2 is 1.86 bits per heavy atom. The Kier molecular flexibility index (Phi) is 7.98. The topological polar surface area (TPSA) is 82.7 Å². The molecule has 1 N–H and O–H groups in total. The Bertz CT molecular complexity index is 1240.